The third-order valence-electron chi connectivity index (χ3n) is 0.644. The van der Waals surface area contributed by atoms with E-state index < -0.39 is 21.0 Å². The molecular formula is C3H9O6P. The molecule has 0 atom stereocenters. The largest absolute Gasteiger partial charge is 0.344 e. The fourth-order valence-electron chi connectivity index (χ4n) is 0.264. The number of aliphatic hydroxyl groups is 3. The molecule has 0 aromatic carbocycles. The Morgan fingerprint density at radius 1 is 1.20 bits per heavy atom. The molecule has 0 rings (SSSR count). The second kappa shape index (κ2) is 4.15. The summed E-state index contributed by atoms with van der Waals surface area (Å²) in [4.78, 5) is 16.2. The van der Waals surface area contributed by atoms with E-state index in [2.05, 4.69) is 4.52 Å². The van der Waals surface area contributed by atoms with Crippen LogP contribution in [-0.2, 0) is 4.52 Å². The highest BCUT2D eigenvalue weighted by molar-refractivity contribution is 7.39. The first-order valence-electron chi connectivity index (χ1n) is 2.40. The summed E-state index contributed by atoms with van der Waals surface area (Å²) < 4.78 is 4.11. The Bertz CT molecular complexity index is 87.5. The van der Waals surface area contributed by atoms with E-state index in [4.69, 9.17) is 25.1 Å². The molecular weight excluding hydrogens is 163 g/mol. The predicted octanol–water partition coefficient (Wildman–Crippen LogP) is -1.76. The molecule has 5 N–H and O–H groups in total. The molecule has 0 saturated carbocycles. The second-order valence-corrected chi connectivity index (χ2v) is 2.37. The molecule has 62 valence electrons. The van der Waals surface area contributed by atoms with Gasteiger partial charge in [0.1, 0.15) is 0 Å². The zero-order valence-corrected chi connectivity index (χ0v) is 5.90. The Morgan fingerprint density at radius 3 is 2.00 bits per heavy atom. The maximum absolute atomic E-state index is 8.21. The third kappa shape index (κ3) is 8.19. The minimum atomic E-state index is -2.80. The average Bonchev–Trinajstić information content (AvgIpc) is 1.59. The molecule has 0 aliphatic rings. The minimum Gasteiger partial charge on any atom is -0.344 e. The molecule has 0 bridgehead atoms. The lowest BCUT2D eigenvalue weighted by atomic mass is 10.4. The summed E-state index contributed by atoms with van der Waals surface area (Å²) in [6, 6.07) is 0. The Labute approximate surface area is 58.3 Å². The van der Waals surface area contributed by atoms with Crippen molar-refractivity contribution < 1.29 is 29.6 Å². The molecule has 0 amide bonds. The lowest BCUT2D eigenvalue weighted by molar-refractivity contribution is -0.316. The van der Waals surface area contributed by atoms with E-state index in [1.54, 1.807) is 0 Å². The van der Waals surface area contributed by atoms with Crippen LogP contribution in [0.4, 0.5) is 0 Å². The van der Waals surface area contributed by atoms with E-state index >= 15 is 0 Å². The second-order valence-electron chi connectivity index (χ2n) is 1.61. The van der Waals surface area contributed by atoms with Gasteiger partial charge in [0.15, 0.2) is 0 Å². The first-order chi connectivity index (χ1) is 4.42. The predicted molar refractivity (Wildman–Crippen MR) is 31.3 cm³/mol. The zero-order chi connectivity index (χ0) is 8.20. The highest BCUT2D eigenvalue weighted by Gasteiger charge is 2.17. The molecule has 0 radical (unpaired) electrons. The fraction of sp³-hybridized carbons (Fsp3) is 1.00. The number of hydrogen-bond acceptors (Lipinski definition) is 6. The van der Waals surface area contributed by atoms with Crippen molar-refractivity contribution >= 4 is 8.60 Å². The molecule has 0 fully saturated rings. The Hall–Kier alpha value is 0.190. The quantitative estimate of drug-likeness (QED) is 0.253. The lowest BCUT2D eigenvalue weighted by Gasteiger charge is -2.13. The summed E-state index contributed by atoms with van der Waals surface area (Å²) in [5.41, 5.74) is 0. The van der Waals surface area contributed by atoms with Crippen LogP contribution < -0.4 is 0 Å². The summed E-state index contributed by atoms with van der Waals surface area (Å²) in [6.07, 6.45) is -0.493. The Balaban J connectivity index is 3.21. The Kier molecular flexibility index (Phi) is 4.23. The summed E-state index contributed by atoms with van der Waals surface area (Å²) in [5, 5.41) is 24.6. The lowest BCUT2D eigenvalue weighted by Crippen LogP contribution is -2.28. The maximum Gasteiger partial charge on any atom is 0.327 e. The van der Waals surface area contributed by atoms with E-state index in [-0.39, 0.29) is 6.61 Å². The van der Waals surface area contributed by atoms with Crippen molar-refractivity contribution in [2.45, 2.75) is 12.4 Å². The number of hydrogen-bond donors (Lipinski definition) is 5. The number of rotatable bonds is 4. The normalized spacial score (nSPS) is 12.6. The van der Waals surface area contributed by atoms with Crippen molar-refractivity contribution in [1.29, 1.82) is 0 Å². The third-order valence-corrected chi connectivity index (χ3v) is 1.06. The molecule has 0 aliphatic heterocycles. The molecule has 10 heavy (non-hydrogen) atoms. The van der Waals surface area contributed by atoms with Crippen molar-refractivity contribution in [2.24, 2.45) is 0 Å². The summed E-state index contributed by atoms with van der Waals surface area (Å²) >= 11 is 0. The van der Waals surface area contributed by atoms with Gasteiger partial charge in [-0.05, 0) is 0 Å². The van der Waals surface area contributed by atoms with Gasteiger partial charge in [-0.2, -0.15) is 0 Å². The van der Waals surface area contributed by atoms with Gasteiger partial charge in [0, 0.05) is 0 Å². The van der Waals surface area contributed by atoms with E-state index in [1.807, 2.05) is 0 Å². The van der Waals surface area contributed by atoms with E-state index in [1.165, 1.54) is 0 Å². The molecule has 0 saturated heterocycles. The minimum absolute atomic E-state index is 0.331. The van der Waals surface area contributed by atoms with E-state index in [9.17, 15) is 0 Å². The first-order valence-corrected chi connectivity index (χ1v) is 3.56. The summed E-state index contributed by atoms with van der Waals surface area (Å²) in [6.45, 7) is -0.331. The van der Waals surface area contributed by atoms with Gasteiger partial charge < -0.3 is 29.6 Å². The van der Waals surface area contributed by atoms with Crippen LogP contribution in [0.5, 0.6) is 0 Å². The van der Waals surface area contributed by atoms with Crippen LogP contribution >= 0.6 is 8.60 Å². The van der Waals surface area contributed by atoms with Crippen LogP contribution in [0.1, 0.15) is 6.42 Å². The SMILES string of the molecule is OP(O)OCCC(O)(O)O. The van der Waals surface area contributed by atoms with Crippen LogP contribution in [0.3, 0.4) is 0 Å². The molecule has 6 nitrogen and oxygen atoms in total. The van der Waals surface area contributed by atoms with Crippen molar-refractivity contribution in [3.63, 3.8) is 0 Å². The molecule has 0 spiro atoms. The molecule has 7 heteroatoms. The van der Waals surface area contributed by atoms with Crippen molar-refractivity contribution in [3.05, 3.63) is 0 Å². The van der Waals surface area contributed by atoms with E-state index in [0.717, 1.165) is 0 Å². The van der Waals surface area contributed by atoms with Gasteiger partial charge in [-0.25, -0.2) is 0 Å². The van der Waals surface area contributed by atoms with Crippen LogP contribution in [0.25, 0.3) is 0 Å². The standard InChI is InChI=1S/C3H9O6P/c4-3(5,6)1-2-9-10(7)8/h4-8H,1-2H2. The van der Waals surface area contributed by atoms with Crippen molar-refractivity contribution in [2.75, 3.05) is 6.61 Å². The topological polar surface area (TPSA) is 110 Å². The Morgan fingerprint density at radius 2 is 1.70 bits per heavy atom. The van der Waals surface area contributed by atoms with Gasteiger partial charge in [-0.1, -0.05) is 0 Å². The first kappa shape index (κ1) is 10.2. The van der Waals surface area contributed by atoms with Gasteiger partial charge in [-0.15, -0.1) is 0 Å². The van der Waals surface area contributed by atoms with Crippen molar-refractivity contribution in [3.8, 4) is 0 Å². The maximum atomic E-state index is 8.21. The smallest absolute Gasteiger partial charge is 0.327 e. The van der Waals surface area contributed by atoms with Crippen LogP contribution in [-0.4, -0.2) is 37.7 Å². The molecule has 0 heterocycles. The summed E-state index contributed by atoms with van der Waals surface area (Å²) in [7, 11) is -2.49. The van der Waals surface area contributed by atoms with Gasteiger partial charge >= 0.3 is 8.60 Å². The van der Waals surface area contributed by atoms with Crippen LogP contribution in [0, 0.1) is 0 Å². The van der Waals surface area contributed by atoms with Crippen LogP contribution in [0.2, 0.25) is 0 Å². The van der Waals surface area contributed by atoms with Gasteiger partial charge in [0.2, 0.25) is 0 Å². The van der Waals surface area contributed by atoms with Crippen LogP contribution in [0.15, 0.2) is 0 Å². The van der Waals surface area contributed by atoms with Gasteiger partial charge in [0.05, 0.1) is 13.0 Å². The highest BCUT2D eigenvalue weighted by Crippen LogP contribution is 2.24. The highest BCUT2D eigenvalue weighted by atomic mass is 31.2. The van der Waals surface area contributed by atoms with Gasteiger partial charge in [-0.3, -0.25) is 0 Å². The molecule has 0 unspecified atom stereocenters. The molecule has 0 aromatic rings. The monoisotopic (exact) mass is 172 g/mol. The van der Waals surface area contributed by atoms with Gasteiger partial charge in [0.25, 0.3) is 5.97 Å². The summed E-state index contributed by atoms with van der Waals surface area (Å²) in [5.74, 6) is -2.80. The fourth-order valence-corrected chi connectivity index (χ4v) is 0.519. The van der Waals surface area contributed by atoms with Crippen molar-refractivity contribution in [1.82, 2.24) is 0 Å². The van der Waals surface area contributed by atoms with E-state index in [0.29, 0.717) is 0 Å². The average molecular weight is 172 g/mol. The zero-order valence-electron chi connectivity index (χ0n) is 5.01. The molecule has 0 aliphatic carbocycles. The molecule has 0 aromatic heterocycles.